The van der Waals surface area contributed by atoms with Gasteiger partial charge in [0.15, 0.2) is 0 Å². The molecule has 0 fully saturated rings. The van der Waals surface area contributed by atoms with Gasteiger partial charge in [-0.25, -0.2) is 0 Å². The summed E-state index contributed by atoms with van der Waals surface area (Å²) >= 11 is 0. The summed E-state index contributed by atoms with van der Waals surface area (Å²) in [5.41, 5.74) is 0. The Balaban J connectivity index is -0.0000000270. The van der Waals surface area contributed by atoms with Gasteiger partial charge < -0.3 is 35.9 Å². The molecule has 0 rings (SSSR count). The standard InChI is InChI=1S/3C2H4O2.Ce.H3N/c3*1-2(3)4;;/h3*1H3,(H,3,4);;1H3/q;;;+3;/p-3. The van der Waals surface area contributed by atoms with Crippen molar-refractivity contribution in [3.8, 4) is 0 Å². The Hall–Kier alpha value is -0.253. The van der Waals surface area contributed by atoms with Gasteiger partial charge in [0, 0.05) is 17.9 Å². The largest absolute Gasteiger partial charge is 3.00 e. The first kappa shape index (κ1) is 29.2. The smallest absolute Gasteiger partial charge is 0.550 e. The van der Waals surface area contributed by atoms with Crippen LogP contribution in [0.1, 0.15) is 20.8 Å². The van der Waals surface area contributed by atoms with Crippen LogP contribution in [0.4, 0.5) is 0 Å². The summed E-state index contributed by atoms with van der Waals surface area (Å²) in [6.45, 7) is 2.92. The van der Waals surface area contributed by atoms with E-state index in [4.69, 9.17) is 29.7 Å². The molecule has 8 heteroatoms. The van der Waals surface area contributed by atoms with Crippen LogP contribution < -0.4 is 21.5 Å². The van der Waals surface area contributed by atoms with Crippen molar-refractivity contribution in [3.05, 3.63) is 0 Å². The fraction of sp³-hybridized carbons (Fsp3) is 0.500. The Morgan fingerprint density at radius 1 is 0.714 bits per heavy atom. The van der Waals surface area contributed by atoms with Crippen LogP contribution in [-0.4, -0.2) is 17.9 Å². The summed E-state index contributed by atoms with van der Waals surface area (Å²) in [6, 6.07) is 0. The Bertz CT molecular complexity index is 120. The molecule has 3 N–H and O–H groups in total. The van der Waals surface area contributed by atoms with Crippen molar-refractivity contribution in [1.82, 2.24) is 6.15 Å². The second-order valence-corrected chi connectivity index (χ2v) is 1.47. The molecule has 0 aromatic carbocycles. The summed E-state index contributed by atoms with van der Waals surface area (Å²) < 4.78 is 0. The fourth-order valence-corrected chi connectivity index (χ4v) is 0. The van der Waals surface area contributed by atoms with Gasteiger partial charge in [0.2, 0.25) is 0 Å². The van der Waals surface area contributed by atoms with Crippen LogP contribution in [0.15, 0.2) is 0 Å². The van der Waals surface area contributed by atoms with Crippen LogP contribution in [0.5, 0.6) is 0 Å². The molecule has 7 nitrogen and oxygen atoms in total. The van der Waals surface area contributed by atoms with Crippen molar-refractivity contribution in [1.29, 1.82) is 0 Å². The molecule has 0 aliphatic heterocycles. The van der Waals surface area contributed by atoms with E-state index in [2.05, 4.69) is 0 Å². The molecule has 0 saturated carbocycles. The van der Waals surface area contributed by atoms with E-state index in [9.17, 15) is 0 Å². The van der Waals surface area contributed by atoms with E-state index in [1.165, 1.54) is 0 Å². The molecule has 0 aromatic heterocycles. The van der Waals surface area contributed by atoms with Crippen molar-refractivity contribution in [2.24, 2.45) is 0 Å². The minimum Gasteiger partial charge on any atom is -0.550 e. The van der Waals surface area contributed by atoms with Crippen molar-refractivity contribution in [3.63, 3.8) is 0 Å². The number of hydrogen-bond acceptors (Lipinski definition) is 7. The first-order valence-electron chi connectivity index (χ1n) is 2.72. The third kappa shape index (κ3) is 21100. The summed E-state index contributed by atoms with van der Waals surface area (Å²) in [4.78, 5) is 26.7. The average molecular weight is 334 g/mol. The number of carbonyl (C=O) groups is 3. The van der Waals surface area contributed by atoms with Crippen LogP contribution >= 0.6 is 0 Å². The van der Waals surface area contributed by atoms with Gasteiger partial charge in [-0.3, -0.25) is 0 Å². The maximum Gasteiger partial charge on any atom is 3.00 e. The SMILES string of the molecule is CC(=O)[O-].CC(=O)[O-].CC(=O)[O-].N.[Ce+3]. The van der Waals surface area contributed by atoms with Crippen LogP contribution in [0.3, 0.4) is 0 Å². The van der Waals surface area contributed by atoms with Gasteiger partial charge in [-0.05, 0) is 20.8 Å². The van der Waals surface area contributed by atoms with Crippen LogP contribution in [-0.2, 0) is 14.4 Å². The maximum absolute atomic E-state index is 8.89. The van der Waals surface area contributed by atoms with E-state index in [-0.39, 0.29) is 47.9 Å². The minimum absolute atomic E-state index is 0. The quantitative estimate of drug-likeness (QED) is 0.480. The van der Waals surface area contributed by atoms with E-state index in [0.29, 0.717) is 0 Å². The summed E-state index contributed by atoms with van der Waals surface area (Å²) in [7, 11) is 0. The van der Waals surface area contributed by atoms with E-state index in [1.807, 2.05) is 0 Å². The first-order valence-corrected chi connectivity index (χ1v) is 2.72. The molecule has 0 bridgehead atoms. The maximum atomic E-state index is 8.89. The molecule has 81 valence electrons. The molecule has 0 amide bonds. The van der Waals surface area contributed by atoms with Crippen molar-refractivity contribution in [2.75, 3.05) is 0 Å². The topological polar surface area (TPSA) is 155 Å². The molecule has 0 aliphatic rings. The van der Waals surface area contributed by atoms with Gasteiger partial charge in [-0.15, -0.1) is 0 Å². The van der Waals surface area contributed by atoms with Crippen LogP contribution in [0.25, 0.3) is 0 Å². The van der Waals surface area contributed by atoms with E-state index < -0.39 is 17.9 Å². The van der Waals surface area contributed by atoms with Gasteiger partial charge in [0.1, 0.15) is 0 Å². The molecule has 14 heavy (non-hydrogen) atoms. The molecule has 0 spiro atoms. The predicted octanol–water partition coefficient (Wildman–Crippen LogP) is -3.57. The molecule has 0 aromatic rings. The second-order valence-electron chi connectivity index (χ2n) is 1.47. The molecule has 0 unspecified atom stereocenters. The van der Waals surface area contributed by atoms with Gasteiger partial charge in [0.05, 0.1) is 0 Å². The van der Waals surface area contributed by atoms with Gasteiger partial charge in [0.25, 0.3) is 0 Å². The number of rotatable bonds is 0. The molecular weight excluding hydrogens is 322 g/mol. The van der Waals surface area contributed by atoms with Gasteiger partial charge in [-0.1, -0.05) is 0 Å². The normalized spacial score (nSPS) is 5.36. The summed E-state index contributed by atoms with van der Waals surface area (Å²) in [6.07, 6.45) is 0. The van der Waals surface area contributed by atoms with Crippen LogP contribution in [0, 0.1) is 41.7 Å². The predicted molar refractivity (Wildman–Crippen MR) is 37.1 cm³/mol. The number of carboxylic acid groups (broad SMARTS) is 3. The van der Waals surface area contributed by atoms with Gasteiger partial charge >= 0.3 is 41.7 Å². The zero-order valence-corrected chi connectivity index (χ0v) is 11.3. The molecule has 0 heterocycles. The number of aliphatic carboxylic acids is 3. The molecule has 1 radical (unpaired) electrons. The van der Waals surface area contributed by atoms with E-state index in [1.54, 1.807) is 0 Å². The minimum atomic E-state index is -1.08. The number of carboxylic acids is 3. The number of carbonyl (C=O) groups excluding carboxylic acids is 3. The first-order chi connectivity index (χ1) is 5.20. The third-order valence-electron chi connectivity index (χ3n) is 0. The van der Waals surface area contributed by atoms with E-state index in [0.717, 1.165) is 20.8 Å². The summed E-state index contributed by atoms with van der Waals surface area (Å²) in [5, 5.41) is 26.7. The third-order valence-corrected chi connectivity index (χ3v) is 0. The molecule has 0 saturated heterocycles. The molecule has 0 aliphatic carbocycles. The zero-order valence-electron chi connectivity index (χ0n) is 8.16. The monoisotopic (exact) mass is 334 g/mol. The van der Waals surface area contributed by atoms with E-state index >= 15 is 0 Å². The van der Waals surface area contributed by atoms with Crippen molar-refractivity contribution < 1.29 is 71.5 Å². The zero-order chi connectivity index (χ0) is 10.7. The number of hydrogen-bond donors (Lipinski definition) is 1. The van der Waals surface area contributed by atoms with Crippen molar-refractivity contribution >= 4 is 17.9 Å². The Morgan fingerprint density at radius 3 is 0.714 bits per heavy atom. The Kier molecular flexibility index (Phi) is 47.9. The average Bonchev–Trinajstić information content (AvgIpc) is 1.54. The Morgan fingerprint density at radius 2 is 0.714 bits per heavy atom. The van der Waals surface area contributed by atoms with Gasteiger partial charge in [-0.2, -0.15) is 0 Å². The fourth-order valence-electron chi connectivity index (χ4n) is 0. The Labute approximate surface area is 115 Å². The molecular formula is C6H12CeNO6. The summed E-state index contributed by atoms with van der Waals surface area (Å²) in [5.74, 6) is -3.25. The van der Waals surface area contributed by atoms with Crippen molar-refractivity contribution in [2.45, 2.75) is 20.8 Å². The van der Waals surface area contributed by atoms with Crippen LogP contribution in [0.2, 0.25) is 0 Å². The second kappa shape index (κ2) is 23.0. The molecule has 0 atom stereocenters.